The van der Waals surface area contributed by atoms with E-state index in [4.69, 9.17) is 5.73 Å². The number of rotatable bonds is 7. The highest BCUT2D eigenvalue weighted by Gasteiger charge is 2.35. The molecule has 8 heteroatoms. The fraction of sp³-hybridized carbons (Fsp3) is 0.850. The Morgan fingerprint density at radius 2 is 1.89 bits per heavy atom. The van der Waals surface area contributed by atoms with Crippen molar-refractivity contribution in [1.82, 2.24) is 15.1 Å². The maximum atomic E-state index is 13.2. The van der Waals surface area contributed by atoms with Gasteiger partial charge in [-0.05, 0) is 38.5 Å². The summed E-state index contributed by atoms with van der Waals surface area (Å²) in [6.07, 6.45) is 5.85. The molecule has 3 amide bonds. The standard InChI is InChI=1S/C20H36N4O3.ClH/c1-3-15(2)19(26)23-11-6-7-16(14-23)20(27)24-12-5-4-8-17(24)13-22-18(25)9-10-21;/h15-17H,3-14,21H2,1-2H3,(H,22,25);1H. The second-order valence-electron chi connectivity index (χ2n) is 7.96. The van der Waals surface area contributed by atoms with Crippen molar-refractivity contribution in [2.45, 2.75) is 64.8 Å². The summed E-state index contributed by atoms with van der Waals surface area (Å²) in [6, 6.07) is 0.0496. The summed E-state index contributed by atoms with van der Waals surface area (Å²) < 4.78 is 0. The molecule has 0 saturated carbocycles. The minimum Gasteiger partial charge on any atom is -0.354 e. The smallest absolute Gasteiger partial charge is 0.227 e. The molecule has 0 radical (unpaired) electrons. The first-order valence-corrected chi connectivity index (χ1v) is 10.5. The van der Waals surface area contributed by atoms with E-state index >= 15 is 0 Å². The third-order valence-electron chi connectivity index (χ3n) is 5.93. The van der Waals surface area contributed by atoms with Crippen LogP contribution in [0.5, 0.6) is 0 Å². The molecule has 0 aromatic rings. The van der Waals surface area contributed by atoms with Gasteiger partial charge in [-0.3, -0.25) is 14.4 Å². The van der Waals surface area contributed by atoms with Gasteiger partial charge < -0.3 is 20.9 Å². The molecule has 2 saturated heterocycles. The maximum absolute atomic E-state index is 13.2. The number of carbonyl (C=O) groups is 3. The predicted molar refractivity (Wildman–Crippen MR) is 112 cm³/mol. The van der Waals surface area contributed by atoms with Crippen LogP contribution in [0.4, 0.5) is 0 Å². The highest BCUT2D eigenvalue weighted by atomic mass is 35.5. The zero-order chi connectivity index (χ0) is 19.8. The molecule has 28 heavy (non-hydrogen) atoms. The average Bonchev–Trinajstić information content (AvgIpc) is 2.71. The Labute approximate surface area is 175 Å². The van der Waals surface area contributed by atoms with E-state index in [-0.39, 0.29) is 48.0 Å². The summed E-state index contributed by atoms with van der Waals surface area (Å²) >= 11 is 0. The lowest BCUT2D eigenvalue weighted by molar-refractivity contribution is -0.145. The molecule has 0 spiro atoms. The van der Waals surface area contributed by atoms with Gasteiger partial charge in [-0.25, -0.2) is 0 Å². The van der Waals surface area contributed by atoms with Gasteiger partial charge in [0.2, 0.25) is 17.7 Å². The van der Waals surface area contributed by atoms with Gasteiger partial charge in [-0.2, -0.15) is 0 Å². The number of hydrogen-bond donors (Lipinski definition) is 2. The molecule has 0 bridgehead atoms. The van der Waals surface area contributed by atoms with Crippen LogP contribution in [0.1, 0.15) is 58.8 Å². The van der Waals surface area contributed by atoms with Crippen molar-refractivity contribution in [3.05, 3.63) is 0 Å². The van der Waals surface area contributed by atoms with Gasteiger partial charge in [0.25, 0.3) is 0 Å². The molecular formula is C20H37ClN4O3. The van der Waals surface area contributed by atoms with Crippen LogP contribution in [0.25, 0.3) is 0 Å². The van der Waals surface area contributed by atoms with Crippen molar-refractivity contribution in [3.63, 3.8) is 0 Å². The second kappa shape index (κ2) is 12.3. The van der Waals surface area contributed by atoms with Gasteiger partial charge in [0.15, 0.2) is 0 Å². The molecular weight excluding hydrogens is 380 g/mol. The first kappa shape index (κ1) is 24.7. The minimum absolute atomic E-state index is 0. The summed E-state index contributed by atoms with van der Waals surface area (Å²) in [5.74, 6) is 0.151. The normalized spacial score (nSPS) is 23.5. The number of nitrogens with two attached hydrogens (primary N) is 1. The lowest BCUT2D eigenvalue weighted by atomic mass is 9.92. The number of piperidine rings is 2. The summed E-state index contributed by atoms with van der Waals surface area (Å²) in [5.41, 5.74) is 5.42. The lowest BCUT2D eigenvalue weighted by Crippen LogP contribution is -2.54. The van der Waals surface area contributed by atoms with Gasteiger partial charge in [0.1, 0.15) is 0 Å². The molecule has 3 unspecified atom stereocenters. The Morgan fingerprint density at radius 3 is 2.57 bits per heavy atom. The molecule has 3 N–H and O–H groups in total. The molecule has 2 heterocycles. The molecule has 0 aromatic carbocycles. The van der Waals surface area contributed by atoms with Crippen LogP contribution in [0, 0.1) is 11.8 Å². The second-order valence-corrected chi connectivity index (χ2v) is 7.96. The molecule has 3 atom stereocenters. The Morgan fingerprint density at radius 1 is 1.14 bits per heavy atom. The van der Waals surface area contributed by atoms with Crippen LogP contribution in [0.3, 0.4) is 0 Å². The number of halogens is 1. The third-order valence-corrected chi connectivity index (χ3v) is 5.93. The van der Waals surface area contributed by atoms with Crippen LogP contribution in [0.2, 0.25) is 0 Å². The van der Waals surface area contributed by atoms with E-state index in [0.717, 1.165) is 51.6 Å². The third kappa shape index (κ3) is 6.62. The van der Waals surface area contributed by atoms with E-state index < -0.39 is 0 Å². The van der Waals surface area contributed by atoms with Crippen LogP contribution in [-0.2, 0) is 14.4 Å². The molecule has 162 valence electrons. The number of nitrogens with one attached hydrogen (secondary N) is 1. The summed E-state index contributed by atoms with van der Waals surface area (Å²) in [6.45, 7) is 6.83. The van der Waals surface area contributed by atoms with E-state index in [1.165, 1.54) is 0 Å². The Bertz CT molecular complexity index is 532. The number of hydrogen-bond acceptors (Lipinski definition) is 4. The van der Waals surface area contributed by atoms with Gasteiger partial charge in [0.05, 0.1) is 5.92 Å². The molecule has 2 fully saturated rings. The maximum Gasteiger partial charge on any atom is 0.227 e. The fourth-order valence-electron chi connectivity index (χ4n) is 4.05. The van der Waals surface area contributed by atoms with Crippen LogP contribution in [-0.4, -0.2) is 66.3 Å². The van der Waals surface area contributed by atoms with Crippen LogP contribution < -0.4 is 11.1 Å². The van der Waals surface area contributed by atoms with Gasteiger partial charge in [-0.15, -0.1) is 12.4 Å². The van der Waals surface area contributed by atoms with Crippen LogP contribution >= 0.6 is 12.4 Å². The van der Waals surface area contributed by atoms with E-state index in [1.807, 2.05) is 23.6 Å². The number of carbonyl (C=O) groups excluding carboxylic acids is 3. The molecule has 2 rings (SSSR count). The molecule has 7 nitrogen and oxygen atoms in total. The van der Waals surface area contributed by atoms with Gasteiger partial charge >= 0.3 is 0 Å². The average molecular weight is 417 g/mol. The van der Waals surface area contributed by atoms with Crippen molar-refractivity contribution in [1.29, 1.82) is 0 Å². The van der Waals surface area contributed by atoms with Crippen molar-refractivity contribution < 1.29 is 14.4 Å². The van der Waals surface area contributed by atoms with E-state index in [9.17, 15) is 14.4 Å². The highest BCUT2D eigenvalue weighted by Crippen LogP contribution is 2.25. The predicted octanol–water partition coefficient (Wildman–Crippen LogP) is 1.54. The SMILES string of the molecule is CCC(C)C(=O)N1CCCC(C(=O)N2CCCCC2CNC(=O)CCN)C1.Cl. The Hall–Kier alpha value is -1.34. The quantitative estimate of drug-likeness (QED) is 0.657. The number of likely N-dealkylation sites (tertiary alicyclic amines) is 2. The van der Waals surface area contributed by atoms with Crippen molar-refractivity contribution in [2.24, 2.45) is 17.6 Å². The summed E-state index contributed by atoms with van der Waals surface area (Å²) in [7, 11) is 0. The Balaban J connectivity index is 0.00000392. The topological polar surface area (TPSA) is 95.7 Å². The number of nitrogens with zero attached hydrogens (tertiary/aromatic N) is 2. The molecule has 2 aliphatic rings. The van der Waals surface area contributed by atoms with Gasteiger partial charge in [0, 0.05) is 51.1 Å². The molecule has 0 aliphatic carbocycles. The monoisotopic (exact) mass is 416 g/mol. The zero-order valence-corrected chi connectivity index (χ0v) is 18.1. The molecule has 2 aliphatic heterocycles. The fourth-order valence-corrected chi connectivity index (χ4v) is 4.05. The van der Waals surface area contributed by atoms with E-state index in [2.05, 4.69) is 5.32 Å². The minimum atomic E-state index is -0.118. The van der Waals surface area contributed by atoms with Crippen molar-refractivity contribution in [2.75, 3.05) is 32.7 Å². The van der Waals surface area contributed by atoms with E-state index in [0.29, 0.717) is 26.1 Å². The van der Waals surface area contributed by atoms with Gasteiger partial charge in [-0.1, -0.05) is 13.8 Å². The first-order chi connectivity index (χ1) is 13.0. The first-order valence-electron chi connectivity index (χ1n) is 10.5. The number of amides is 3. The Kier molecular flexibility index (Phi) is 10.8. The lowest BCUT2D eigenvalue weighted by Gasteiger charge is -2.41. The molecule has 0 aromatic heterocycles. The highest BCUT2D eigenvalue weighted by molar-refractivity contribution is 5.85. The largest absolute Gasteiger partial charge is 0.354 e. The zero-order valence-electron chi connectivity index (χ0n) is 17.3. The van der Waals surface area contributed by atoms with Crippen molar-refractivity contribution in [3.8, 4) is 0 Å². The summed E-state index contributed by atoms with van der Waals surface area (Å²) in [4.78, 5) is 41.3. The van der Waals surface area contributed by atoms with E-state index in [1.54, 1.807) is 0 Å². The summed E-state index contributed by atoms with van der Waals surface area (Å²) in [5, 5.41) is 2.91. The van der Waals surface area contributed by atoms with Crippen LogP contribution in [0.15, 0.2) is 0 Å². The van der Waals surface area contributed by atoms with Crippen molar-refractivity contribution >= 4 is 30.1 Å².